The summed E-state index contributed by atoms with van der Waals surface area (Å²) in [5.74, 6) is 8.60. The van der Waals surface area contributed by atoms with Gasteiger partial charge in [0, 0.05) is 6.54 Å². The highest BCUT2D eigenvalue weighted by molar-refractivity contribution is 7.99. The van der Waals surface area contributed by atoms with Crippen LogP contribution in [0.2, 0.25) is 0 Å². The fourth-order valence-electron chi connectivity index (χ4n) is 3.84. The van der Waals surface area contributed by atoms with Crippen molar-refractivity contribution in [2.75, 3.05) is 31.4 Å². The summed E-state index contributed by atoms with van der Waals surface area (Å²) in [5, 5.41) is 10.8. The number of benzene rings is 1. The molecular formula is C20H21N5O3S2. The number of rotatable bonds is 5. The average Bonchev–Trinajstić information content (AvgIpc) is 3.53. The number of carbonyl (C=O) groups is 1. The first-order valence-corrected chi connectivity index (χ1v) is 11.6. The predicted molar refractivity (Wildman–Crippen MR) is 115 cm³/mol. The molecule has 10 heteroatoms. The minimum absolute atomic E-state index is 0.0475. The molecule has 1 amide bonds. The second-order valence-electron chi connectivity index (χ2n) is 7.09. The third-order valence-electron chi connectivity index (χ3n) is 5.25. The van der Waals surface area contributed by atoms with E-state index in [-0.39, 0.29) is 17.7 Å². The number of carbonyl (C=O) groups excluding carboxylic acids is 1. The van der Waals surface area contributed by atoms with Gasteiger partial charge in [0.05, 0.1) is 16.7 Å². The zero-order valence-corrected chi connectivity index (χ0v) is 17.8. The van der Waals surface area contributed by atoms with Crippen LogP contribution in [0.15, 0.2) is 40.9 Å². The summed E-state index contributed by atoms with van der Waals surface area (Å²) < 4.78 is 12.8. The number of aromatic nitrogens is 3. The summed E-state index contributed by atoms with van der Waals surface area (Å²) in [6, 6.07) is 9.90. The molecule has 8 nitrogen and oxygen atoms in total. The topological polar surface area (TPSA) is 95.5 Å². The molecule has 1 saturated heterocycles. The first-order valence-electron chi connectivity index (χ1n) is 9.77. The first-order chi connectivity index (χ1) is 14.7. The molecule has 3 aromatic rings. The number of amides is 1. The minimum atomic E-state index is 0.0475. The quantitative estimate of drug-likeness (QED) is 0.478. The smallest absolute Gasteiger partial charge is 0.233 e. The Morgan fingerprint density at radius 1 is 1.23 bits per heavy atom. The van der Waals surface area contributed by atoms with Crippen molar-refractivity contribution in [2.45, 2.75) is 24.0 Å². The highest BCUT2D eigenvalue weighted by atomic mass is 32.2. The molecule has 1 fully saturated rings. The molecular weight excluding hydrogens is 422 g/mol. The largest absolute Gasteiger partial charge is 0.486 e. The molecule has 0 radical (unpaired) electrons. The lowest BCUT2D eigenvalue weighted by molar-refractivity contribution is -0.129. The van der Waals surface area contributed by atoms with E-state index in [1.807, 2.05) is 40.6 Å². The lowest BCUT2D eigenvalue weighted by Crippen LogP contribution is -2.32. The van der Waals surface area contributed by atoms with E-state index in [1.54, 1.807) is 11.3 Å². The molecule has 30 heavy (non-hydrogen) atoms. The van der Waals surface area contributed by atoms with Crippen molar-refractivity contribution in [2.24, 2.45) is 0 Å². The van der Waals surface area contributed by atoms with E-state index in [9.17, 15) is 4.79 Å². The Hall–Kier alpha value is -2.72. The Morgan fingerprint density at radius 3 is 2.93 bits per heavy atom. The molecule has 0 saturated carbocycles. The van der Waals surface area contributed by atoms with Crippen LogP contribution in [-0.2, 0) is 4.79 Å². The molecule has 4 heterocycles. The summed E-state index contributed by atoms with van der Waals surface area (Å²) in [5.41, 5.74) is 1.08. The Balaban J connectivity index is 1.27. The van der Waals surface area contributed by atoms with E-state index in [4.69, 9.17) is 15.3 Å². The van der Waals surface area contributed by atoms with Gasteiger partial charge in [-0.1, -0.05) is 23.9 Å². The van der Waals surface area contributed by atoms with Crippen LogP contribution >= 0.6 is 23.1 Å². The maximum Gasteiger partial charge on any atom is 0.233 e. The van der Waals surface area contributed by atoms with E-state index >= 15 is 0 Å². The molecule has 2 N–H and O–H groups in total. The number of hydrogen-bond donors (Lipinski definition) is 1. The van der Waals surface area contributed by atoms with Crippen LogP contribution in [0, 0.1) is 0 Å². The Kier molecular flexibility index (Phi) is 5.26. The van der Waals surface area contributed by atoms with Crippen LogP contribution < -0.4 is 15.3 Å². The predicted octanol–water partition coefficient (Wildman–Crippen LogP) is 2.95. The van der Waals surface area contributed by atoms with Gasteiger partial charge in [-0.25, -0.2) is 4.68 Å². The van der Waals surface area contributed by atoms with Gasteiger partial charge in [0.1, 0.15) is 13.2 Å². The molecule has 1 atom stereocenters. The van der Waals surface area contributed by atoms with Crippen LogP contribution in [0.25, 0.3) is 10.7 Å². The van der Waals surface area contributed by atoms with Crippen molar-refractivity contribution in [3.05, 3.63) is 41.3 Å². The molecule has 0 unspecified atom stereocenters. The molecule has 2 aliphatic rings. The van der Waals surface area contributed by atoms with Crippen molar-refractivity contribution in [3.63, 3.8) is 0 Å². The molecule has 0 aliphatic carbocycles. The van der Waals surface area contributed by atoms with Crippen molar-refractivity contribution >= 4 is 29.0 Å². The molecule has 5 rings (SSSR count). The minimum Gasteiger partial charge on any atom is -0.486 e. The van der Waals surface area contributed by atoms with Gasteiger partial charge < -0.3 is 20.2 Å². The number of nitrogens with zero attached hydrogens (tertiary/aromatic N) is 4. The van der Waals surface area contributed by atoms with Gasteiger partial charge in [0.2, 0.25) is 11.1 Å². The highest BCUT2D eigenvalue weighted by Crippen LogP contribution is 2.38. The van der Waals surface area contributed by atoms with Gasteiger partial charge in [-0.3, -0.25) is 4.79 Å². The first kappa shape index (κ1) is 19.3. The maximum absolute atomic E-state index is 13.0. The SMILES string of the molecule is Nn1c(SCC(=O)N2CCC[C@H]2c2ccc3c(c2)OCCO3)nnc1-c1cccs1. The third-order valence-corrected chi connectivity index (χ3v) is 7.05. The van der Waals surface area contributed by atoms with Crippen LogP contribution in [0.3, 0.4) is 0 Å². The van der Waals surface area contributed by atoms with Gasteiger partial charge >= 0.3 is 0 Å². The summed E-state index contributed by atoms with van der Waals surface area (Å²) in [6.45, 7) is 1.86. The van der Waals surface area contributed by atoms with Crippen molar-refractivity contribution < 1.29 is 14.3 Å². The second-order valence-corrected chi connectivity index (χ2v) is 8.98. The molecule has 2 aromatic heterocycles. The number of likely N-dealkylation sites (tertiary alicyclic amines) is 1. The maximum atomic E-state index is 13.0. The number of nitrogens with two attached hydrogens (primary N) is 1. The van der Waals surface area contributed by atoms with E-state index in [1.165, 1.54) is 16.4 Å². The van der Waals surface area contributed by atoms with E-state index in [2.05, 4.69) is 10.2 Å². The van der Waals surface area contributed by atoms with Crippen LogP contribution in [-0.4, -0.2) is 51.2 Å². The van der Waals surface area contributed by atoms with Crippen molar-refractivity contribution in [1.29, 1.82) is 0 Å². The molecule has 156 valence electrons. The number of nitrogen functional groups attached to an aromatic ring is 1. The summed E-state index contributed by atoms with van der Waals surface area (Å²) >= 11 is 2.86. The van der Waals surface area contributed by atoms with Crippen molar-refractivity contribution in [3.8, 4) is 22.2 Å². The summed E-state index contributed by atoms with van der Waals surface area (Å²) in [4.78, 5) is 15.9. The van der Waals surface area contributed by atoms with E-state index in [0.29, 0.717) is 24.2 Å². The Labute approximate surface area is 182 Å². The highest BCUT2D eigenvalue weighted by Gasteiger charge is 2.31. The lowest BCUT2D eigenvalue weighted by Gasteiger charge is -2.26. The normalized spacial score (nSPS) is 18.0. The fraction of sp³-hybridized carbons (Fsp3) is 0.350. The number of thiophene rings is 1. The zero-order valence-electron chi connectivity index (χ0n) is 16.2. The number of thioether (sulfide) groups is 1. The van der Waals surface area contributed by atoms with Gasteiger partial charge in [0.15, 0.2) is 17.3 Å². The number of hydrogen-bond acceptors (Lipinski definition) is 8. The summed E-state index contributed by atoms with van der Waals surface area (Å²) in [6.07, 6.45) is 1.91. The molecule has 2 aliphatic heterocycles. The monoisotopic (exact) mass is 443 g/mol. The summed E-state index contributed by atoms with van der Waals surface area (Å²) in [7, 11) is 0. The van der Waals surface area contributed by atoms with Crippen LogP contribution in [0.5, 0.6) is 11.5 Å². The fourth-order valence-corrected chi connectivity index (χ4v) is 5.29. The average molecular weight is 444 g/mol. The van der Waals surface area contributed by atoms with Crippen LogP contribution in [0.1, 0.15) is 24.4 Å². The lowest BCUT2D eigenvalue weighted by atomic mass is 10.0. The molecule has 0 spiro atoms. The zero-order chi connectivity index (χ0) is 20.5. The standard InChI is InChI=1S/C20H21N5O3S2/c21-25-19(17-4-2-10-29-17)22-23-20(25)30-12-18(26)24-7-1-3-14(24)13-5-6-15-16(11-13)28-9-8-27-15/h2,4-6,10-11,14H,1,3,7-9,12,21H2/t14-/m0/s1. The van der Waals surface area contributed by atoms with Crippen LogP contribution in [0.4, 0.5) is 0 Å². The molecule has 1 aromatic carbocycles. The molecule has 0 bridgehead atoms. The number of fused-ring (bicyclic) bond motifs is 1. The second kappa shape index (κ2) is 8.19. The third kappa shape index (κ3) is 3.61. The number of ether oxygens (including phenoxy) is 2. The van der Waals surface area contributed by atoms with Crippen molar-refractivity contribution in [1.82, 2.24) is 19.8 Å². The Morgan fingerprint density at radius 2 is 2.10 bits per heavy atom. The van der Waals surface area contributed by atoms with Gasteiger partial charge in [-0.2, -0.15) is 0 Å². The van der Waals surface area contributed by atoms with Gasteiger partial charge in [-0.15, -0.1) is 21.5 Å². The van der Waals surface area contributed by atoms with E-state index < -0.39 is 0 Å². The van der Waals surface area contributed by atoms with Gasteiger partial charge in [-0.05, 0) is 42.0 Å². The van der Waals surface area contributed by atoms with Gasteiger partial charge in [0.25, 0.3) is 0 Å². The Bertz CT molecular complexity index is 1050. The van der Waals surface area contributed by atoms with E-state index in [0.717, 1.165) is 41.3 Å².